The van der Waals surface area contributed by atoms with Gasteiger partial charge in [0, 0.05) is 62.0 Å². The Kier molecular flexibility index (Phi) is 6.36. The summed E-state index contributed by atoms with van der Waals surface area (Å²) in [6.07, 6.45) is 1.24. The zero-order valence-corrected chi connectivity index (χ0v) is 16.8. The molecular formula is C21H23F3N6O. The third-order valence-corrected chi connectivity index (χ3v) is 4.98. The quantitative estimate of drug-likeness (QED) is 0.682. The molecule has 0 atom stereocenters. The molecule has 0 bridgehead atoms. The summed E-state index contributed by atoms with van der Waals surface area (Å²) in [6.45, 7) is 3.33. The Balaban J connectivity index is 1.45. The number of hydrogen-bond acceptors (Lipinski definition) is 7. The van der Waals surface area contributed by atoms with Gasteiger partial charge in [-0.1, -0.05) is 6.08 Å². The highest BCUT2D eigenvalue weighted by molar-refractivity contribution is 5.64. The molecule has 7 nitrogen and oxygen atoms in total. The number of aromatic nitrogens is 2. The van der Waals surface area contributed by atoms with E-state index in [0.29, 0.717) is 25.3 Å². The van der Waals surface area contributed by atoms with Crippen LogP contribution in [0.4, 0.5) is 36.3 Å². The van der Waals surface area contributed by atoms with Crippen LogP contribution in [0, 0.1) is 0 Å². The van der Waals surface area contributed by atoms with Crippen molar-refractivity contribution in [2.75, 3.05) is 48.4 Å². The van der Waals surface area contributed by atoms with Crippen molar-refractivity contribution in [2.45, 2.75) is 19.0 Å². The number of benzene rings is 1. The Hall–Kier alpha value is -3.14. The summed E-state index contributed by atoms with van der Waals surface area (Å²) in [4.78, 5) is 14.3. The third-order valence-electron chi connectivity index (χ3n) is 4.98. The highest BCUT2D eigenvalue weighted by atomic mass is 19.4. The van der Waals surface area contributed by atoms with E-state index in [0.717, 1.165) is 37.1 Å². The number of ether oxygens (including phenoxy) is 1. The van der Waals surface area contributed by atoms with Gasteiger partial charge in [0.05, 0.1) is 13.2 Å². The van der Waals surface area contributed by atoms with Crippen LogP contribution >= 0.6 is 0 Å². The monoisotopic (exact) mass is 432 g/mol. The standard InChI is InChI=1S/C21H23F3N6O/c22-21(23,24)18-14-27-20(29-19(18)26-9-7-15-2-1-8-25-15)28-16-3-5-17(6-4-16)30-10-12-31-13-11-30/h2-6,8,14H,1,7,9-13H2,(H2,26,27,28,29). The van der Waals surface area contributed by atoms with E-state index in [4.69, 9.17) is 4.74 Å². The summed E-state index contributed by atoms with van der Waals surface area (Å²) < 4.78 is 45.5. The smallest absolute Gasteiger partial charge is 0.378 e. The van der Waals surface area contributed by atoms with Crippen LogP contribution < -0.4 is 15.5 Å². The zero-order valence-electron chi connectivity index (χ0n) is 16.8. The molecule has 0 aliphatic carbocycles. The topological polar surface area (TPSA) is 74.7 Å². The second kappa shape index (κ2) is 9.34. The first-order valence-corrected chi connectivity index (χ1v) is 10.1. The van der Waals surface area contributed by atoms with E-state index >= 15 is 0 Å². The summed E-state index contributed by atoms with van der Waals surface area (Å²) in [6, 6.07) is 7.60. The molecule has 1 saturated heterocycles. The minimum atomic E-state index is -4.55. The van der Waals surface area contributed by atoms with Crippen LogP contribution in [0.2, 0.25) is 0 Å². The SMILES string of the molecule is FC(F)(F)c1cnc(Nc2ccc(N3CCOCC3)cc2)nc1NCCC1=CCC=N1. The van der Waals surface area contributed by atoms with Gasteiger partial charge in [-0.2, -0.15) is 18.2 Å². The summed E-state index contributed by atoms with van der Waals surface area (Å²) in [5, 5.41) is 5.76. The van der Waals surface area contributed by atoms with E-state index in [-0.39, 0.29) is 18.3 Å². The Bertz CT molecular complexity index is 953. The van der Waals surface area contributed by atoms with Gasteiger partial charge >= 0.3 is 6.18 Å². The molecular weight excluding hydrogens is 409 g/mol. The molecule has 3 heterocycles. The summed E-state index contributed by atoms with van der Waals surface area (Å²) in [5.74, 6) is -0.162. The van der Waals surface area contributed by atoms with Crippen LogP contribution in [0.5, 0.6) is 0 Å². The van der Waals surface area contributed by atoms with Crippen molar-refractivity contribution >= 4 is 29.4 Å². The Morgan fingerprint density at radius 3 is 2.55 bits per heavy atom. The lowest BCUT2D eigenvalue weighted by atomic mass is 10.2. The first-order valence-electron chi connectivity index (χ1n) is 10.1. The predicted molar refractivity (Wildman–Crippen MR) is 114 cm³/mol. The van der Waals surface area contributed by atoms with Gasteiger partial charge in [0.1, 0.15) is 11.4 Å². The van der Waals surface area contributed by atoms with Crippen LogP contribution in [0.3, 0.4) is 0 Å². The van der Waals surface area contributed by atoms with Crippen LogP contribution in [-0.4, -0.2) is 49.0 Å². The molecule has 4 rings (SSSR count). The molecule has 0 saturated carbocycles. The molecule has 31 heavy (non-hydrogen) atoms. The number of allylic oxidation sites excluding steroid dienone is 1. The first kappa shape index (κ1) is 21.1. The average Bonchev–Trinajstić information content (AvgIpc) is 3.28. The van der Waals surface area contributed by atoms with E-state index < -0.39 is 11.7 Å². The van der Waals surface area contributed by atoms with Crippen molar-refractivity contribution < 1.29 is 17.9 Å². The van der Waals surface area contributed by atoms with E-state index in [9.17, 15) is 13.2 Å². The largest absolute Gasteiger partial charge is 0.421 e. The van der Waals surface area contributed by atoms with Gasteiger partial charge in [0.2, 0.25) is 5.95 Å². The van der Waals surface area contributed by atoms with Crippen molar-refractivity contribution in [3.63, 3.8) is 0 Å². The zero-order chi connectivity index (χ0) is 21.7. The fourth-order valence-electron chi connectivity index (χ4n) is 3.38. The number of alkyl halides is 3. The maximum absolute atomic E-state index is 13.4. The Morgan fingerprint density at radius 2 is 1.87 bits per heavy atom. The van der Waals surface area contributed by atoms with Gasteiger partial charge < -0.3 is 20.3 Å². The molecule has 0 spiro atoms. The number of nitrogens with zero attached hydrogens (tertiary/aromatic N) is 4. The van der Waals surface area contributed by atoms with E-state index in [1.165, 1.54) is 0 Å². The van der Waals surface area contributed by atoms with Gasteiger partial charge in [-0.3, -0.25) is 4.99 Å². The van der Waals surface area contributed by atoms with E-state index in [2.05, 4.69) is 30.5 Å². The predicted octanol–water partition coefficient (Wildman–Crippen LogP) is 4.24. The molecule has 2 aliphatic heterocycles. The normalized spacial score (nSPS) is 16.4. The lowest BCUT2D eigenvalue weighted by Crippen LogP contribution is -2.36. The summed E-state index contributed by atoms with van der Waals surface area (Å²) in [5.41, 5.74) is 1.71. The average molecular weight is 432 g/mol. The molecule has 164 valence electrons. The lowest BCUT2D eigenvalue weighted by Gasteiger charge is -2.28. The molecule has 1 aromatic heterocycles. The number of anilines is 4. The number of rotatable bonds is 7. The van der Waals surface area contributed by atoms with Gasteiger partial charge in [-0.25, -0.2) is 4.98 Å². The van der Waals surface area contributed by atoms with Crippen LogP contribution in [-0.2, 0) is 10.9 Å². The van der Waals surface area contributed by atoms with Gasteiger partial charge in [-0.15, -0.1) is 0 Å². The second-order valence-corrected chi connectivity index (χ2v) is 7.14. The van der Waals surface area contributed by atoms with Gasteiger partial charge in [0.25, 0.3) is 0 Å². The molecule has 1 aromatic carbocycles. The Labute approximate surface area is 178 Å². The van der Waals surface area contributed by atoms with Crippen LogP contribution in [0.25, 0.3) is 0 Å². The van der Waals surface area contributed by atoms with Crippen molar-refractivity contribution in [3.8, 4) is 0 Å². The molecule has 2 aliphatic rings. The third kappa shape index (κ3) is 5.52. The van der Waals surface area contributed by atoms with E-state index in [1.807, 2.05) is 30.3 Å². The molecule has 2 aromatic rings. The molecule has 10 heteroatoms. The fraction of sp³-hybridized carbons (Fsp3) is 0.381. The highest BCUT2D eigenvalue weighted by Crippen LogP contribution is 2.34. The summed E-state index contributed by atoms with van der Waals surface area (Å²) >= 11 is 0. The maximum Gasteiger partial charge on any atom is 0.421 e. The van der Waals surface area contributed by atoms with Crippen molar-refractivity contribution in [2.24, 2.45) is 4.99 Å². The number of aliphatic imine (C=N–C) groups is 1. The van der Waals surface area contributed by atoms with Crippen LogP contribution in [0.15, 0.2) is 47.2 Å². The highest BCUT2D eigenvalue weighted by Gasteiger charge is 2.35. The van der Waals surface area contributed by atoms with Gasteiger partial charge in [-0.05, 0) is 24.3 Å². The van der Waals surface area contributed by atoms with Crippen LogP contribution in [0.1, 0.15) is 18.4 Å². The fourth-order valence-corrected chi connectivity index (χ4v) is 3.38. The maximum atomic E-state index is 13.4. The molecule has 0 amide bonds. The number of morpholine rings is 1. The molecule has 2 N–H and O–H groups in total. The van der Waals surface area contributed by atoms with E-state index in [1.54, 1.807) is 6.21 Å². The number of nitrogens with one attached hydrogen (secondary N) is 2. The lowest BCUT2D eigenvalue weighted by molar-refractivity contribution is -0.137. The second-order valence-electron chi connectivity index (χ2n) is 7.14. The number of hydrogen-bond donors (Lipinski definition) is 2. The Morgan fingerprint density at radius 1 is 1.10 bits per heavy atom. The van der Waals surface area contributed by atoms with Crippen molar-refractivity contribution in [3.05, 3.63) is 47.8 Å². The van der Waals surface area contributed by atoms with Crippen molar-refractivity contribution in [1.82, 2.24) is 9.97 Å². The minimum Gasteiger partial charge on any atom is -0.378 e. The molecule has 1 fully saturated rings. The first-order chi connectivity index (χ1) is 15.0. The molecule has 0 radical (unpaired) electrons. The minimum absolute atomic E-state index is 0.0905. The number of halogens is 3. The van der Waals surface area contributed by atoms with Gasteiger partial charge in [0.15, 0.2) is 0 Å². The summed E-state index contributed by atoms with van der Waals surface area (Å²) in [7, 11) is 0. The molecule has 0 unspecified atom stereocenters. The van der Waals surface area contributed by atoms with Crippen molar-refractivity contribution in [1.29, 1.82) is 0 Å².